The van der Waals surface area contributed by atoms with E-state index in [-0.39, 0.29) is 17.9 Å². The van der Waals surface area contributed by atoms with Crippen LogP contribution < -0.4 is 5.32 Å². The zero-order valence-corrected chi connectivity index (χ0v) is 16.9. The van der Waals surface area contributed by atoms with Gasteiger partial charge in [-0.15, -0.1) is 0 Å². The predicted molar refractivity (Wildman–Crippen MR) is 108 cm³/mol. The van der Waals surface area contributed by atoms with Gasteiger partial charge in [0.25, 0.3) is 0 Å². The van der Waals surface area contributed by atoms with Gasteiger partial charge in [0.05, 0.1) is 4.90 Å². The minimum absolute atomic E-state index is 0.124. The van der Waals surface area contributed by atoms with Crippen LogP contribution in [0.15, 0.2) is 59.5 Å². The van der Waals surface area contributed by atoms with Crippen LogP contribution in [0.25, 0.3) is 0 Å². The number of benzene rings is 2. The van der Waals surface area contributed by atoms with Gasteiger partial charge in [0.2, 0.25) is 15.9 Å². The highest BCUT2D eigenvalue weighted by atomic mass is 32.2. The highest BCUT2D eigenvalue weighted by Crippen LogP contribution is 2.26. The van der Waals surface area contributed by atoms with Crippen LogP contribution in [0.4, 0.5) is 0 Å². The molecule has 2 atom stereocenters. The lowest BCUT2D eigenvalue weighted by molar-refractivity contribution is -0.142. The van der Waals surface area contributed by atoms with Crippen molar-refractivity contribution in [3.63, 3.8) is 0 Å². The Bertz CT molecular complexity index is 974. The zero-order valence-electron chi connectivity index (χ0n) is 16.1. The number of sulfonamides is 1. The maximum atomic E-state index is 13.0. The van der Waals surface area contributed by atoms with E-state index >= 15 is 0 Å². The number of rotatable bonds is 7. The number of aryl methyl sites for hydroxylation is 1. The average molecular weight is 416 g/mol. The van der Waals surface area contributed by atoms with Gasteiger partial charge in [-0.3, -0.25) is 4.79 Å². The number of hydrogen-bond donors (Lipinski definition) is 2. The maximum Gasteiger partial charge on any atom is 0.326 e. The summed E-state index contributed by atoms with van der Waals surface area (Å²) in [5.41, 5.74) is 1.71. The molecule has 1 aliphatic rings. The van der Waals surface area contributed by atoms with Crippen LogP contribution in [0.5, 0.6) is 0 Å². The Balaban J connectivity index is 1.76. The molecular formula is C21H24N2O5S. The highest BCUT2D eigenvalue weighted by molar-refractivity contribution is 7.89. The summed E-state index contributed by atoms with van der Waals surface area (Å²) in [6.45, 7) is 2.09. The third-order valence-corrected chi connectivity index (χ3v) is 6.95. The van der Waals surface area contributed by atoms with Gasteiger partial charge in [-0.05, 0) is 37.5 Å². The Kier molecular flexibility index (Phi) is 6.34. The number of aliphatic carboxylic acids is 1. The molecule has 0 aliphatic carbocycles. The summed E-state index contributed by atoms with van der Waals surface area (Å²) in [6.07, 6.45) is 1.02. The van der Waals surface area contributed by atoms with Gasteiger partial charge < -0.3 is 10.4 Å². The summed E-state index contributed by atoms with van der Waals surface area (Å²) in [6, 6.07) is 13.4. The Morgan fingerprint density at radius 2 is 1.79 bits per heavy atom. The van der Waals surface area contributed by atoms with Crippen molar-refractivity contribution < 1.29 is 23.1 Å². The molecule has 3 rings (SSSR count). The van der Waals surface area contributed by atoms with Crippen LogP contribution in [-0.4, -0.2) is 48.3 Å². The van der Waals surface area contributed by atoms with Crippen molar-refractivity contribution in [2.45, 2.75) is 43.2 Å². The van der Waals surface area contributed by atoms with Crippen molar-refractivity contribution >= 4 is 21.9 Å². The number of carbonyl (C=O) groups excluding carboxylic acids is 1. The van der Waals surface area contributed by atoms with Crippen LogP contribution in [-0.2, 0) is 26.0 Å². The quantitative estimate of drug-likeness (QED) is 0.718. The van der Waals surface area contributed by atoms with Crippen LogP contribution >= 0.6 is 0 Å². The van der Waals surface area contributed by atoms with Crippen molar-refractivity contribution in [3.05, 3.63) is 65.7 Å². The Morgan fingerprint density at radius 3 is 2.41 bits per heavy atom. The fourth-order valence-electron chi connectivity index (χ4n) is 3.45. The first-order valence-electron chi connectivity index (χ1n) is 9.44. The van der Waals surface area contributed by atoms with E-state index in [9.17, 15) is 23.1 Å². The number of nitrogens with one attached hydrogen (secondary N) is 1. The maximum absolute atomic E-state index is 13.0. The Hall–Kier alpha value is -2.71. The van der Waals surface area contributed by atoms with E-state index in [0.717, 1.165) is 11.1 Å². The molecule has 154 valence electrons. The molecule has 0 radical (unpaired) electrons. The molecule has 2 aromatic carbocycles. The summed E-state index contributed by atoms with van der Waals surface area (Å²) in [7, 11) is -3.84. The first-order valence-corrected chi connectivity index (χ1v) is 10.9. The van der Waals surface area contributed by atoms with Crippen molar-refractivity contribution in [1.29, 1.82) is 0 Å². The molecule has 0 bridgehead atoms. The molecule has 1 saturated heterocycles. The molecule has 29 heavy (non-hydrogen) atoms. The van der Waals surface area contributed by atoms with Gasteiger partial charge in [-0.2, -0.15) is 4.31 Å². The third kappa shape index (κ3) is 4.83. The van der Waals surface area contributed by atoms with E-state index in [0.29, 0.717) is 12.8 Å². The van der Waals surface area contributed by atoms with Crippen molar-refractivity contribution in [2.75, 3.05) is 6.54 Å². The van der Waals surface area contributed by atoms with Crippen molar-refractivity contribution in [3.8, 4) is 0 Å². The van der Waals surface area contributed by atoms with E-state index in [1.807, 2.05) is 13.0 Å². The lowest BCUT2D eigenvalue weighted by Crippen LogP contribution is -2.51. The SMILES string of the molecule is Cc1ccc(S(=O)(=O)N2CCC[C@@H]2C(=O)N[C@@H](Cc2ccccc2)C(=O)O)cc1. The molecule has 0 aromatic heterocycles. The fraction of sp³-hybridized carbons (Fsp3) is 0.333. The van der Waals surface area contributed by atoms with Gasteiger partial charge >= 0.3 is 5.97 Å². The summed E-state index contributed by atoms with van der Waals surface area (Å²) in [4.78, 5) is 24.6. The molecule has 1 aliphatic heterocycles. The molecule has 7 nitrogen and oxygen atoms in total. The number of hydrogen-bond acceptors (Lipinski definition) is 4. The Morgan fingerprint density at radius 1 is 1.14 bits per heavy atom. The van der Waals surface area contributed by atoms with E-state index in [4.69, 9.17) is 0 Å². The zero-order chi connectivity index (χ0) is 21.0. The first kappa shape index (κ1) is 21.0. The van der Waals surface area contributed by atoms with Gasteiger partial charge in [0.1, 0.15) is 12.1 Å². The highest BCUT2D eigenvalue weighted by Gasteiger charge is 2.40. The molecule has 2 aromatic rings. The molecule has 2 N–H and O–H groups in total. The van der Waals surface area contributed by atoms with Gasteiger partial charge in [-0.1, -0.05) is 48.0 Å². The molecule has 0 saturated carbocycles. The van der Waals surface area contributed by atoms with Crippen LogP contribution in [0.1, 0.15) is 24.0 Å². The van der Waals surface area contributed by atoms with E-state index in [1.54, 1.807) is 36.4 Å². The summed E-state index contributed by atoms with van der Waals surface area (Å²) in [5, 5.41) is 12.0. The second-order valence-corrected chi connectivity index (χ2v) is 9.07. The number of carbonyl (C=O) groups is 2. The lowest BCUT2D eigenvalue weighted by Gasteiger charge is -2.25. The van der Waals surface area contributed by atoms with Crippen molar-refractivity contribution in [1.82, 2.24) is 9.62 Å². The first-order chi connectivity index (χ1) is 13.8. The number of carboxylic acid groups (broad SMARTS) is 1. The normalized spacial score (nSPS) is 18.3. The van der Waals surface area contributed by atoms with Crippen molar-refractivity contribution in [2.24, 2.45) is 0 Å². The van der Waals surface area contributed by atoms with E-state index in [2.05, 4.69) is 5.32 Å². The number of nitrogens with zero attached hydrogens (tertiary/aromatic N) is 1. The predicted octanol–water partition coefficient (Wildman–Crippen LogP) is 1.96. The lowest BCUT2D eigenvalue weighted by atomic mass is 10.1. The molecule has 1 fully saturated rings. The molecule has 0 unspecified atom stereocenters. The molecule has 1 amide bonds. The minimum Gasteiger partial charge on any atom is -0.480 e. The van der Waals surface area contributed by atoms with Crippen LogP contribution in [0.2, 0.25) is 0 Å². The van der Waals surface area contributed by atoms with Gasteiger partial charge in [0, 0.05) is 13.0 Å². The monoisotopic (exact) mass is 416 g/mol. The third-order valence-electron chi connectivity index (χ3n) is 5.03. The Labute approximate surface area is 170 Å². The van der Waals surface area contributed by atoms with Crippen LogP contribution in [0, 0.1) is 6.92 Å². The largest absolute Gasteiger partial charge is 0.480 e. The topological polar surface area (TPSA) is 104 Å². The second kappa shape index (κ2) is 8.75. The number of carboxylic acids is 1. The average Bonchev–Trinajstić information content (AvgIpc) is 3.19. The van der Waals surface area contributed by atoms with E-state index < -0.39 is 34.0 Å². The van der Waals surface area contributed by atoms with E-state index in [1.165, 1.54) is 16.4 Å². The second-order valence-electron chi connectivity index (χ2n) is 7.18. The standard InChI is InChI=1S/C21H24N2O5S/c1-15-9-11-17(12-10-15)29(27,28)23-13-5-8-19(23)20(24)22-18(21(25)26)14-16-6-3-2-4-7-16/h2-4,6-7,9-12,18-19H,5,8,13-14H2,1H3,(H,22,24)(H,25,26)/t18-,19+/m0/s1. The summed E-state index contributed by atoms with van der Waals surface area (Å²) in [5.74, 6) is -1.74. The smallest absolute Gasteiger partial charge is 0.326 e. The molecule has 1 heterocycles. The van der Waals surface area contributed by atoms with Gasteiger partial charge in [-0.25, -0.2) is 13.2 Å². The number of amides is 1. The summed E-state index contributed by atoms with van der Waals surface area (Å²) >= 11 is 0. The minimum atomic E-state index is -3.84. The fourth-order valence-corrected chi connectivity index (χ4v) is 5.11. The molecule has 8 heteroatoms. The molecule has 0 spiro atoms. The van der Waals surface area contributed by atoms with Crippen LogP contribution in [0.3, 0.4) is 0 Å². The molecular weight excluding hydrogens is 392 g/mol. The van der Waals surface area contributed by atoms with Gasteiger partial charge in [0.15, 0.2) is 0 Å². The summed E-state index contributed by atoms with van der Waals surface area (Å²) < 4.78 is 27.2.